The third kappa shape index (κ3) is 4.15. The molecule has 2 aliphatic rings. The first-order valence-electron chi connectivity index (χ1n) is 8.72. The lowest BCUT2D eigenvalue weighted by atomic mass is 10.1. The smallest absolute Gasteiger partial charge is 0.231 e. The van der Waals surface area contributed by atoms with E-state index in [4.69, 9.17) is 14.2 Å². The molecule has 0 amide bonds. The average Bonchev–Trinajstić information content (AvgIpc) is 3.36. The van der Waals surface area contributed by atoms with Gasteiger partial charge in [-0.25, -0.2) is 0 Å². The van der Waals surface area contributed by atoms with Gasteiger partial charge in [0.15, 0.2) is 11.5 Å². The van der Waals surface area contributed by atoms with Crippen LogP contribution in [0.4, 0.5) is 0 Å². The zero-order valence-electron chi connectivity index (χ0n) is 14.1. The second-order valence-corrected chi connectivity index (χ2v) is 7.57. The molecule has 1 fully saturated rings. The van der Waals surface area contributed by atoms with Crippen molar-refractivity contribution in [2.24, 2.45) is 0 Å². The number of aliphatic hydroxyl groups is 1. The number of fused-ring (bicyclic) bond motifs is 1. The van der Waals surface area contributed by atoms with Crippen LogP contribution in [0.2, 0.25) is 0 Å². The largest absolute Gasteiger partial charge is 0.454 e. The van der Waals surface area contributed by atoms with Crippen LogP contribution in [0.25, 0.3) is 0 Å². The van der Waals surface area contributed by atoms with Crippen molar-refractivity contribution < 1.29 is 19.3 Å². The molecule has 0 unspecified atom stereocenters. The summed E-state index contributed by atoms with van der Waals surface area (Å²) in [5.41, 5.74) is 0.854. The van der Waals surface area contributed by atoms with E-state index in [1.165, 1.54) is 4.88 Å². The number of nitrogens with zero attached hydrogens (tertiary/aromatic N) is 1. The molecule has 1 N–H and O–H groups in total. The zero-order chi connectivity index (χ0) is 17.1. The van der Waals surface area contributed by atoms with E-state index in [-0.39, 0.29) is 12.9 Å². The summed E-state index contributed by atoms with van der Waals surface area (Å²) >= 11 is 1.75. The van der Waals surface area contributed by atoms with Crippen LogP contribution in [0.1, 0.15) is 29.4 Å². The third-order valence-corrected chi connectivity index (χ3v) is 5.52. The first kappa shape index (κ1) is 16.8. The Morgan fingerprint density at radius 3 is 2.96 bits per heavy atom. The molecule has 5 nitrogen and oxygen atoms in total. The van der Waals surface area contributed by atoms with Crippen LogP contribution in [0.3, 0.4) is 0 Å². The van der Waals surface area contributed by atoms with E-state index < -0.39 is 6.10 Å². The van der Waals surface area contributed by atoms with Crippen molar-refractivity contribution >= 4 is 11.3 Å². The minimum Gasteiger partial charge on any atom is -0.454 e. The number of aliphatic hydroxyl groups excluding tert-OH is 1. The average molecular weight is 361 g/mol. The van der Waals surface area contributed by atoms with Crippen LogP contribution in [-0.4, -0.2) is 42.6 Å². The molecule has 0 spiro atoms. The van der Waals surface area contributed by atoms with Crippen LogP contribution in [0.15, 0.2) is 35.7 Å². The number of hydrogen-bond acceptors (Lipinski definition) is 6. The van der Waals surface area contributed by atoms with Crippen molar-refractivity contribution in [3.05, 3.63) is 46.2 Å². The zero-order valence-corrected chi connectivity index (χ0v) is 14.9. The Hall–Kier alpha value is -1.60. The van der Waals surface area contributed by atoms with Gasteiger partial charge in [-0.3, -0.25) is 4.90 Å². The Kier molecular flexibility index (Phi) is 5.22. The molecule has 0 radical (unpaired) electrons. The van der Waals surface area contributed by atoms with Crippen molar-refractivity contribution in [1.82, 2.24) is 4.90 Å². The second-order valence-electron chi connectivity index (χ2n) is 6.54. The molecule has 3 heterocycles. The van der Waals surface area contributed by atoms with Gasteiger partial charge in [0, 0.05) is 31.1 Å². The van der Waals surface area contributed by atoms with Gasteiger partial charge >= 0.3 is 0 Å². The van der Waals surface area contributed by atoms with Gasteiger partial charge in [0.1, 0.15) is 0 Å². The minimum atomic E-state index is -0.573. The van der Waals surface area contributed by atoms with Gasteiger partial charge in [-0.2, -0.15) is 0 Å². The number of rotatable bonds is 7. The van der Waals surface area contributed by atoms with E-state index in [1.807, 2.05) is 18.2 Å². The molecule has 0 bridgehead atoms. The summed E-state index contributed by atoms with van der Waals surface area (Å²) in [6.07, 6.45) is 1.92. The molecule has 1 aromatic heterocycles. The third-order valence-electron chi connectivity index (χ3n) is 4.66. The molecule has 25 heavy (non-hydrogen) atoms. The van der Waals surface area contributed by atoms with Crippen molar-refractivity contribution in [3.63, 3.8) is 0 Å². The van der Waals surface area contributed by atoms with E-state index >= 15 is 0 Å². The maximum Gasteiger partial charge on any atom is 0.231 e. The van der Waals surface area contributed by atoms with Gasteiger partial charge in [0.05, 0.1) is 12.2 Å². The van der Waals surface area contributed by atoms with Crippen molar-refractivity contribution in [1.29, 1.82) is 0 Å². The van der Waals surface area contributed by atoms with E-state index in [0.29, 0.717) is 12.3 Å². The quantitative estimate of drug-likeness (QED) is 0.821. The SMILES string of the molecule is O[C@@H](CN(Cc1cccs1)C[C@@H]1CCCO1)c1ccc2c(c1)OCO2. The molecule has 1 aromatic carbocycles. The van der Waals surface area contributed by atoms with Crippen molar-refractivity contribution in [2.75, 3.05) is 26.5 Å². The minimum absolute atomic E-state index is 0.248. The highest BCUT2D eigenvalue weighted by Crippen LogP contribution is 2.34. The van der Waals surface area contributed by atoms with Gasteiger partial charge in [0.25, 0.3) is 0 Å². The molecular formula is C19H23NO4S. The van der Waals surface area contributed by atoms with E-state index in [1.54, 1.807) is 11.3 Å². The fourth-order valence-corrected chi connectivity index (χ4v) is 4.12. The van der Waals surface area contributed by atoms with Gasteiger partial charge in [0.2, 0.25) is 6.79 Å². The molecule has 1 saturated heterocycles. The van der Waals surface area contributed by atoms with E-state index in [9.17, 15) is 5.11 Å². The predicted molar refractivity (Wildman–Crippen MR) is 96.1 cm³/mol. The molecule has 2 aromatic rings. The summed E-state index contributed by atoms with van der Waals surface area (Å²) in [5, 5.41) is 12.8. The van der Waals surface area contributed by atoms with Gasteiger partial charge in [-0.15, -0.1) is 11.3 Å². The topological polar surface area (TPSA) is 51.2 Å². The Morgan fingerprint density at radius 2 is 2.16 bits per heavy atom. The number of ether oxygens (including phenoxy) is 3. The number of hydrogen-bond donors (Lipinski definition) is 1. The van der Waals surface area contributed by atoms with Gasteiger partial charge in [-0.1, -0.05) is 12.1 Å². The highest BCUT2D eigenvalue weighted by Gasteiger charge is 2.23. The summed E-state index contributed by atoms with van der Waals surface area (Å²) in [4.78, 5) is 3.59. The Labute approximate surface area is 151 Å². The summed E-state index contributed by atoms with van der Waals surface area (Å²) in [5.74, 6) is 1.45. The lowest BCUT2D eigenvalue weighted by molar-refractivity contribution is 0.0464. The molecule has 2 atom stereocenters. The van der Waals surface area contributed by atoms with Crippen molar-refractivity contribution in [3.8, 4) is 11.5 Å². The highest BCUT2D eigenvalue weighted by molar-refractivity contribution is 7.09. The molecule has 0 saturated carbocycles. The van der Waals surface area contributed by atoms with Gasteiger partial charge < -0.3 is 19.3 Å². The maximum absolute atomic E-state index is 10.7. The maximum atomic E-state index is 10.7. The Balaban J connectivity index is 1.44. The van der Waals surface area contributed by atoms with E-state index in [0.717, 1.165) is 43.9 Å². The summed E-state index contributed by atoms with van der Waals surface area (Å²) in [7, 11) is 0. The number of thiophene rings is 1. The molecule has 2 aliphatic heterocycles. The highest BCUT2D eigenvalue weighted by atomic mass is 32.1. The monoisotopic (exact) mass is 361 g/mol. The lowest BCUT2D eigenvalue weighted by Crippen LogP contribution is -2.34. The molecule has 4 rings (SSSR count). The first-order chi connectivity index (χ1) is 12.3. The summed E-state index contributed by atoms with van der Waals surface area (Å²) in [6, 6.07) is 9.86. The molecule has 0 aliphatic carbocycles. The molecule has 134 valence electrons. The van der Waals surface area contributed by atoms with Crippen LogP contribution < -0.4 is 9.47 Å². The first-order valence-corrected chi connectivity index (χ1v) is 9.60. The Morgan fingerprint density at radius 1 is 1.24 bits per heavy atom. The summed E-state index contributed by atoms with van der Waals surface area (Å²) in [6.45, 7) is 3.34. The normalized spacial score (nSPS) is 20.3. The fourth-order valence-electron chi connectivity index (χ4n) is 3.37. The Bertz CT molecular complexity index is 685. The standard InChI is InChI=1S/C19H23NO4S/c21-17(14-5-6-18-19(9-14)24-13-23-18)12-20(10-15-3-1-7-22-15)11-16-4-2-8-25-16/h2,4-6,8-9,15,17,21H,1,3,7,10-13H2/t15-,17-/m0/s1. The second kappa shape index (κ2) is 7.74. The predicted octanol–water partition coefficient (Wildman–Crippen LogP) is 3.19. The van der Waals surface area contributed by atoms with Crippen molar-refractivity contribution in [2.45, 2.75) is 31.6 Å². The summed E-state index contributed by atoms with van der Waals surface area (Å²) < 4.78 is 16.6. The van der Waals surface area contributed by atoms with Crippen LogP contribution in [0, 0.1) is 0 Å². The van der Waals surface area contributed by atoms with Crippen LogP contribution in [-0.2, 0) is 11.3 Å². The fraction of sp³-hybridized carbons (Fsp3) is 0.474. The van der Waals surface area contributed by atoms with Crippen LogP contribution in [0.5, 0.6) is 11.5 Å². The molecule has 6 heteroatoms. The molecular weight excluding hydrogens is 338 g/mol. The lowest BCUT2D eigenvalue weighted by Gasteiger charge is -2.27. The number of benzene rings is 1. The van der Waals surface area contributed by atoms with Gasteiger partial charge in [-0.05, 0) is 42.0 Å². The van der Waals surface area contributed by atoms with E-state index in [2.05, 4.69) is 22.4 Å². The van der Waals surface area contributed by atoms with Crippen LogP contribution >= 0.6 is 11.3 Å².